The Morgan fingerprint density at radius 3 is 2.10 bits per heavy atom. The second-order valence-corrected chi connectivity index (χ2v) is 11.8. The summed E-state index contributed by atoms with van der Waals surface area (Å²) in [4.78, 5) is 65.1. The Morgan fingerprint density at radius 2 is 1.45 bits per heavy atom. The standard InChI is InChI=1S/C38H38N4O9/c1-48-37(46)31-18-24-12-15-28(16-13-24)51-33-20-27(14-17-32(33)49-22-25-8-4-2-5-9-25)19-29(35(44)40-30(21-34(39)43)36(45)41-31)42-38(47)50-23-26-10-6-3-7-11-26/h2-17,20,29-31H,18-19,21-23H2,1H3,(H2,39,43)(H,40,44)(H,41,45)(H,42,47)/t29-,30-,31-/m0/s1. The molecule has 4 bridgehead atoms. The lowest BCUT2D eigenvalue weighted by Crippen LogP contribution is -2.57. The van der Waals surface area contributed by atoms with Crippen molar-refractivity contribution in [1.82, 2.24) is 16.0 Å². The van der Waals surface area contributed by atoms with E-state index in [1.807, 2.05) is 36.4 Å². The molecule has 0 unspecified atom stereocenters. The van der Waals surface area contributed by atoms with Gasteiger partial charge in [0, 0.05) is 12.8 Å². The number of primary amides is 1. The molecule has 0 saturated heterocycles. The number of rotatable bonds is 9. The van der Waals surface area contributed by atoms with Gasteiger partial charge in [0.25, 0.3) is 0 Å². The first-order valence-corrected chi connectivity index (χ1v) is 16.2. The van der Waals surface area contributed by atoms with Crippen LogP contribution in [0.3, 0.4) is 0 Å². The SMILES string of the molecule is COC(=O)[C@@H]1Cc2ccc(cc2)Oc2cc(ccc2OCc2ccccc2)C[C@H](NC(=O)OCc2ccccc2)C(=O)N[C@@H](CC(N)=O)C(=O)N1. The van der Waals surface area contributed by atoms with Crippen LogP contribution in [0.5, 0.6) is 17.2 Å². The van der Waals surface area contributed by atoms with E-state index in [4.69, 9.17) is 24.7 Å². The Morgan fingerprint density at radius 1 is 0.804 bits per heavy atom. The Labute approximate surface area is 294 Å². The summed E-state index contributed by atoms with van der Waals surface area (Å²) in [6, 6.07) is 26.5. The van der Waals surface area contributed by atoms with E-state index in [0.717, 1.165) is 11.1 Å². The predicted molar refractivity (Wildman–Crippen MR) is 184 cm³/mol. The lowest BCUT2D eigenvalue weighted by molar-refractivity contribution is -0.145. The summed E-state index contributed by atoms with van der Waals surface area (Å²) in [6.07, 6.45) is -1.55. The molecule has 2 heterocycles. The highest BCUT2D eigenvalue weighted by Gasteiger charge is 2.32. The number of amides is 4. The third kappa shape index (κ3) is 10.6. The molecule has 0 aliphatic carbocycles. The van der Waals surface area contributed by atoms with E-state index in [1.165, 1.54) is 7.11 Å². The number of benzene rings is 4. The molecule has 0 fully saturated rings. The number of nitrogens with two attached hydrogens (primary N) is 1. The summed E-state index contributed by atoms with van der Waals surface area (Å²) in [6.45, 7) is 0.194. The molecular weight excluding hydrogens is 656 g/mol. The Balaban J connectivity index is 1.50. The summed E-state index contributed by atoms with van der Waals surface area (Å²) in [5.74, 6) is -2.10. The van der Waals surface area contributed by atoms with Gasteiger partial charge in [-0.2, -0.15) is 0 Å². The molecule has 13 heteroatoms. The fourth-order valence-corrected chi connectivity index (χ4v) is 5.31. The second kappa shape index (κ2) is 17.3. The number of nitrogens with one attached hydrogen (secondary N) is 3. The lowest BCUT2D eigenvalue weighted by atomic mass is 10.0. The number of carbonyl (C=O) groups is 5. The molecule has 13 nitrogen and oxygen atoms in total. The molecular formula is C38H38N4O9. The highest BCUT2D eigenvalue weighted by Crippen LogP contribution is 2.34. The van der Waals surface area contributed by atoms with Crippen molar-refractivity contribution in [3.63, 3.8) is 0 Å². The van der Waals surface area contributed by atoms with Crippen LogP contribution in [-0.2, 0) is 54.7 Å². The maximum Gasteiger partial charge on any atom is 0.408 e. The average Bonchev–Trinajstić information content (AvgIpc) is 3.13. The van der Waals surface area contributed by atoms with Crippen LogP contribution >= 0.6 is 0 Å². The van der Waals surface area contributed by atoms with Gasteiger partial charge in [0.05, 0.1) is 13.5 Å². The number of carbonyl (C=O) groups excluding carboxylic acids is 5. The van der Waals surface area contributed by atoms with E-state index in [-0.39, 0.29) is 26.1 Å². The first-order valence-electron chi connectivity index (χ1n) is 16.2. The number of ether oxygens (including phenoxy) is 4. The monoisotopic (exact) mass is 694 g/mol. The molecule has 6 rings (SSSR count). The van der Waals surface area contributed by atoms with Crippen LogP contribution in [0.1, 0.15) is 28.7 Å². The van der Waals surface area contributed by atoms with Crippen molar-refractivity contribution in [3.8, 4) is 17.2 Å². The van der Waals surface area contributed by atoms with Crippen LogP contribution in [0.25, 0.3) is 0 Å². The maximum atomic E-state index is 13.8. The fraction of sp³-hybridized carbons (Fsp3) is 0.237. The van der Waals surface area contributed by atoms with Crippen LogP contribution in [0.15, 0.2) is 103 Å². The molecule has 5 N–H and O–H groups in total. The zero-order valence-corrected chi connectivity index (χ0v) is 27.8. The Hall–Kier alpha value is -6.37. The van der Waals surface area contributed by atoms with Gasteiger partial charge in [0.15, 0.2) is 11.5 Å². The van der Waals surface area contributed by atoms with E-state index in [0.29, 0.717) is 28.4 Å². The van der Waals surface area contributed by atoms with Gasteiger partial charge in [-0.15, -0.1) is 0 Å². The number of methoxy groups -OCH3 is 1. The lowest BCUT2D eigenvalue weighted by Gasteiger charge is -2.24. The minimum absolute atomic E-state index is 0.0221. The zero-order valence-electron chi connectivity index (χ0n) is 27.8. The minimum atomic E-state index is -1.49. The molecule has 0 aromatic heterocycles. The number of esters is 1. The minimum Gasteiger partial charge on any atom is -0.485 e. The summed E-state index contributed by atoms with van der Waals surface area (Å²) >= 11 is 0. The second-order valence-electron chi connectivity index (χ2n) is 11.8. The summed E-state index contributed by atoms with van der Waals surface area (Å²) in [5, 5.41) is 7.66. The largest absolute Gasteiger partial charge is 0.485 e. The molecule has 4 aromatic carbocycles. The van der Waals surface area contributed by atoms with Gasteiger partial charge in [-0.1, -0.05) is 78.9 Å². The highest BCUT2D eigenvalue weighted by atomic mass is 16.5. The fourth-order valence-electron chi connectivity index (χ4n) is 5.31. The molecule has 0 saturated carbocycles. The molecule has 3 atom stereocenters. The normalized spacial score (nSPS) is 17.5. The van der Waals surface area contributed by atoms with Crippen molar-refractivity contribution in [3.05, 3.63) is 125 Å². The van der Waals surface area contributed by atoms with E-state index >= 15 is 0 Å². The summed E-state index contributed by atoms with van der Waals surface area (Å²) < 4.78 is 22.7. The quantitative estimate of drug-likeness (QED) is 0.191. The van der Waals surface area contributed by atoms with E-state index in [9.17, 15) is 24.0 Å². The number of fused-ring (bicyclic) bond motifs is 10. The number of hydrogen-bond acceptors (Lipinski definition) is 9. The van der Waals surface area contributed by atoms with E-state index in [2.05, 4.69) is 16.0 Å². The third-order valence-electron chi connectivity index (χ3n) is 7.94. The van der Waals surface area contributed by atoms with Crippen molar-refractivity contribution in [2.45, 2.75) is 50.6 Å². The average molecular weight is 695 g/mol. The Bertz CT molecular complexity index is 1840. The molecule has 4 aromatic rings. The predicted octanol–water partition coefficient (Wildman–Crippen LogP) is 3.47. The van der Waals surface area contributed by atoms with E-state index < -0.39 is 54.3 Å². The van der Waals surface area contributed by atoms with Gasteiger partial charge in [-0.05, 0) is 46.5 Å². The number of hydrogen-bond donors (Lipinski definition) is 4. The summed E-state index contributed by atoms with van der Waals surface area (Å²) in [7, 11) is 1.18. The van der Waals surface area contributed by atoms with Gasteiger partial charge in [0.2, 0.25) is 17.7 Å². The van der Waals surface area contributed by atoms with Gasteiger partial charge in [-0.3, -0.25) is 14.4 Å². The number of alkyl carbamates (subject to hydrolysis) is 1. The first-order chi connectivity index (χ1) is 24.7. The molecule has 51 heavy (non-hydrogen) atoms. The summed E-state index contributed by atoms with van der Waals surface area (Å²) in [5.41, 5.74) is 8.32. The van der Waals surface area contributed by atoms with Gasteiger partial charge >= 0.3 is 12.1 Å². The molecule has 0 spiro atoms. The van der Waals surface area contributed by atoms with Crippen LogP contribution in [0.2, 0.25) is 0 Å². The van der Waals surface area contributed by atoms with Crippen LogP contribution < -0.4 is 31.2 Å². The maximum absolute atomic E-state index is 13.8. The van der Waals surface area contributed by atoms with Crippen molar-refractivity contribution < 1.29 is 42.9 Å². The topological polar surface area (TPSA) is 184 Å². The van der Waals surface area contributed by atoms with E-state index in [1.54, 1.807) is 66.7 Å². The molecule has 2 aliphatic rings. The first kappa shape index (κ1) is 35.9. The smallest absolute Gasteiger partial charge is 0.408 e. The zero-order chi connectivity index (χ0) is 36.2. The van der Waals surface area contributed by atoms with Gasteiger partial charge in [0.1, 0.15) is 37.1 Å². The van der Waals surface area contributed by atoms with Gasteiger partial charge < -0.3 is 40.6 Å². The van der Waals surface area contributed by atoms with Crippen molar-refractivity contribution in [1.29, 1.82) is 0 Å². The van der Waals surface area contributed by atoms with Crippen LogP contribution in [0.4, 0.5) is 4.79 Å². The molecule has 2 aliphatic heterocycles. The van der Waals surface area contributed by atoms with Crippen LogP contribution in [-0.4, -0.2) is 55.0 Å². The highest BCUT2D eigenvalue weighted by molar-refractivity contribution is 5.95. The van der Waals surface area contributed by atoms with Crippen molar-refractivity contribution in [2.75, 3.05) is 7.11 Å². The Kier molecular flexibility index (Phi) is 12.2. The van der Waals surface area contributed by atoms with Crippen molar-refractivity contribution >= 4 is 29.8 Å². The molecule has 4 amide bonds. The van der Waals surface area contributed by atoms with Crippen molar-refractivity contribution in [2.24, 2.45) is 5.73 Å². The third-order valence-corrected chi connectivity index (χ3v) is 7.94. The molecule has 264 valence electrons. The van der Waals surface area contributed by atoms with Gasteiger partial charge in [-0.25, -0.2) is 9.59 Å². The van der Waals surface area contributed by atoms with Crippen LogP contribution in [0, 0.1) is 0 Å². The molecule has 0 radical (unpaired) electrons.